The highest BCUT2D eigenvalue weighted by Gasteiger charge is 2.11. The molecule has 55 valence electrons. The van der Waals surface area contributed by atoms with Gasteiger partial charge in [0.05, 0.1) is 12.4 Å². The predicted octanol–water partition coefficient (Wildman–Crippen LogP) is 0.815. The van der Waals surface area contributed by atoms with E-state index in [2.05, 4.69) is 11.9 Å². The number of imidazole rings is 1. The molecule has 0 aliphatic rings. The zero-order valence-corrected chi connectivity index (χ0v) is 6.07. The van der Waals surface area contributed by atoms with Crippen molar-refractivity contribution in [1.82, 2.24) is 9.55 Å². The summed E-state index contributed by atoms with van der Waals surface area (Å²) in [7, 11) is 0. The number of aliphatic hydroxyl groups is 1. The molecule has 0 aromatic carbocycles. The Morgan fingerprint density at radius 3 is 2.80 bits per heavy atom. The van der Waals surface area contributed by atoms with E-state index in [4.69, 9.17) is 16.7 Å². The molecule has 1 N–H and O–H groups in total. The molecule has 10 heavy (non-hydrogen) atoms. The number of halogens is 1. The van der Waals surface area contributed by atoms with Crippen molar-refractivity contribution in [2.45, 2.75) is 11.6 Å². The van der Waals surface area contributed by atoms with Crippen LogP contribution in [0.1, 0.15) is 5.50 Å². The van der Waals surface area contributed by atoms with Crippen molar-refractivity contribution in [1.29, 1.82) is 0 Å². The summed E-state index contributed by atoms with van der Waals surface area (Å²) >= 11 is 5.69. The second-order valence-electron chi connectivity index (χ2n) is 1.95. The summed E-state index contributed by atoms with van der Waals surface area (Å²) in [5.41, 5.74) is -0.525. The molecular formula is C6H8ClN2O. The number of rotatable bonds is 2. The van der Waals surface area contributed by atoms with Crippen molar-refractivity contribution in [3.8, 4) is 0 Å². The van der Waals surface area contributed by atoms with Gasteiger partial charge in [0.25, 0.3) is 0 Å². The Morgan fingerprint density at radius 2 is 2.40 bits per heavy atom. The number of aliphatic hydroxyl groups excluding tert-OH is 1. The topological polar surface area (TPSA) is 38.0 Å². The van der Waals surface area contributed by atoms with E-state index in [9.17, 15) is 0 Å². The van der Waals surface area contributed by atoms with Gasteiger partial charge < -0.3 is 9.67 Å². The number of alkyl halides is 1. The first-order chi connectivity index (χ1) is 4.72. The Morgan fingerprint density at radius 1 is 1.70 bits per heavy atom. The van der Waals surface area contributed by atoms with E-state index in [1.165, 1.54) is 6.33 Å². The molecule has 2 unspecified atom stereocenters. The Bertz CT molecular complexity index is 186. The van der Waals surface area contributed by atoms with Crippen molar-refractivity contribution in [3.63, 3.8) is 0 Å². The lowest BCUT2D eigenvalue weighted by Gasteiger charge is -2.12. The standard InChI is InChI=1S/C6H8ClN2O/c1-5(10)6(7)9-3-2-8-4-9/h2-6,10H,1H2. The number of hydrogen-bond acceptors (Lipinski definition) is 2. The molecule has 1 aromatic rings. The van der Waals surface area contributed by atoms with Crippen molar-refractivity contribution < 1.29 is 5.11 Å². The molecule has 3 nitrogen and oxygen atoms in total. The fourth-order valence-electron chi connectivity index (χ4n) is 0.614. The van der Waals surface area contributed by atoms with E-state index in [0.29, 0.717) is 0 Å². The first kappa shape index (κ1) is 7.57. The molecule has 2 atom stereocenters. The Balaban J connectivity index is 2.68. The maximum atomic E-state index is 8.90. The smallest absolute Gasteiger partial charge is 0.135 e. The predicted molar refractivity (Wildman–Crippen MR) is 38.5 cm³/mol. The second kappa shape index (κ2) is 3.03. The van der Waals surface area contributed by atoms with E-state index in [1.54, 1.807) is 17.0 Å². The fraction of sp³-hybridized carbons (Fsp3) is 0.333. The molecule has 1 heterocycles. The zero-order chi connectivity index (χ0) is 7.56. The highest BCUT2D eigenvalue weighted by molar-refractivity contribution is 6.19. The van der Waals surface area contributed by atoms with Crippen LogP contribution in [0.4, 0.5) is 0 Å². The molecule has 1 radical (unpaired) electrons. The summed E-state index contributed by atoms with van der Waals surface area (Å²) in [6, 6.07) is 0. The molecule has 1 rings (SSSR count). The van der Waals surface area contributed by atoms with Crippen LogP contribution in [0, 0.1) is 6.92 Å². The average Bonchev–Trinajstić information content (AvgIpc) is 2.36. The van der Waals surface area contributed by atoms with Crippen molar-refractivity contribution in [3.05, 3.63) is 25.6 Å². The lowest BCUT2D eigenvalue weighted by Crippen LogP contribution is -2.14. The van der Waals surface area contributed by atoms with Crippen LogP contribution in [0.5, 0.6) is 0 Å². The Hall–Kier alpha value is -0.540. The van der Waals surface area contributed by atoms with E-state index in [-0.39, 0.29) is 0 Å². The number of aromatic nitrogens is 2. The third-order valence-electron chi connectivity index (χ3n) is 1.13. The molecule has 0 spiro atoms. The monoisotopic (exact) mass is 159 g/mol. The number of nitrogens with zero attached hydrogens (tertiary/aromatic N) is 2. The molecule has 0 aliphatic carbocycles. The van der Waals surface area contributed by atoms with Crippen LogP contribution >= 0.6 is 11.6 Å². The summed E-state index contributed by atoms with van der Waals surface area (Å²) in [6.07, 6.45) is 3.99. The van der Waals surface area contributed by atoms with Gasteiger partial charge in [-0.2, -0.15) is 0 Å². The summed E-state index contributed by atoms with van der Waals surface area (Å²) in [6.45, 7) is 3.37. The largest absolute Gasteiger partial charge is 0.390 e. The van der Waals surface area contributed by atoms with Crippen molar-refractivity contribution >= 4 is 11.6 Å². The van der Waals surface area contributed by atoms with E-state index < -0.39 is 11.6 Å². The molecular weight excluding hydrogens is 152 g/mol. The van der Waals surface area contributed by atoms with Crippen molar-refractivity contribution in [2.24, 2.45) is 0 Å². The lowest BCUT2D eigenvalue weighted by atomic mass is 10.4. The normalized spacial score (nSPS) is 16.7. The van der Waals surface area contributed by atoms with Gasteiger partial charge in [0, 0.05) is 12.4 Å². The molecule has 4 heteroatoms. The quantitative estimate of drug-likeness (QED) is 0.649. The molecule has 0 amide bonds. The third kappa shape index (κ3) is 1.49. The average molecular weight is 160 g/mol. The van der Waals surface area contributed by atoms with Gasteiger partial charge in [-0.3, -0.25) is 0 Å². The van der Waals surface area contributed by atoms with Crippen LogP contribution in [0.2, 0.25) is 0 Å². The van der Waals surface area contributed by atoms with Crippen LogP contribution in [0.25, 0.3) is 0 Å². The van der Waals surface area contributed by atoms with Gasteiger partial charge in [-0.15, -0.1) is 0 Å². The molecule has 0 saturated heterocycles. The first-order valence-electron chi connectivity index (χ1n) is 2.84. The van der Waals surface area contributed by atoms with Gasteiger partial charge in [0.2, 0.25) is 0 Å². The highest BCUT2D eigenvalue weighted by Crippen LogP contribution is 2.14. The fourth-order valence-corrected chi connectivity index (χ4v) is 0.729. The third-order valence-corrected chi connectivity index (χ3v) is 1.64. The van der Waals surface area contributed by atoms with Gasteiger partial charge in [0.1, 0.15) is 5.50 Å². The molecule has 0 aliphatic heterocycles. The molecule has 0 fully saturated rings. The van der Waals surface area contributed by atoms with Crippen LogP contribution < -0.4 is 0 Å². The minimum atomic E-state index is -0.809. The first-order valence-corrected chi connectivity index (χ1v) is 3.28. The van der Waals surface area contributed by atoms with E-state index in [0.717, 1.165) is 0 Å². The summed E-state index contributed by atoms with van der Waals surface area (Å²) < 4.78 is 1.58. The van der Waals surface area contributed by atoms with Gasteiger partial charge in [-0.05, 0) is 6.92 Å². The van der Waals surface area contributed by atoms with Gasteiger partial charge >= 0.3 is 0 Å². The van der Waals surface area contributed by atoms with Crippen LogP contribution in [-0.2, 0) is 0 Å². The minimum absolute atomic E-state index is 0.525. The summed E-state index contributed by atoms with van der Waals surface area (Å²) in [5, 5.41) is 8.90. The van der Waals surface area contributed by atoms with E-state index in [1.807, 2.05) is 0 Å². The van der Waals surface area contributed by atoms with Gasteiger partial charge in [-0.1, -0.05) is 11.6 Å². The van der Waals surface area contributed by atoms with E-state index >= 15 is 0 Å². The van der Waals surface area contributed by atoms with Gasteiger partial charge in [-0.25, -0.2) is 4.98 Å². The SMILES string of the molecule is [CH2]C(O)C(Cl)n1ccnc1. The Kier molecular flexibility index (Phi) is 2.29. The maximum Gasteiger partial charge on any atom is 0.135 e. The molecule has 0 bridgehead atoms. The van der Waals surface area contributed by atoms with Crippen molar-refractivity contribution in [2.75, 3.05) is 0 Å². The highest BCUT2D eigenvalue weighted by atomic mass is 35.5. The lowest BCUT2D eigenvalue weighted by molar-refractivity contribution is 0.191. The second-order valence-corrected chi connectivity index (χ2v) is 2.40. The zero-order valence-electron chi connectivity index (χ0n) is 5.31. The summed E-state index contributed by atoms with van der Waals surface area (Å²) in [5.74, 6) is 0. The Labute approximate surface area is 64.3 Å². The van der Waals surface area contributed by atoms with Gasteiger partial charge in [0.15, 0.2) is 0 Å². The van der Waals surface area contributed by atoms with Crippen LogP contribution in [0.15, 0.2) is 18.7 Å². The molecule has 0 saturated carbocycles. The number of hydrogen-bond donors (Lipinski definition) is 1. The van der Waals surface area contributed by atoms with Crippen LogP contribution in [-0.4, -0.2) is 20.8 Å². The summed E-state index contributed by atoms with van der Waals surface area (Å²) in [4.78, 5) is 3.77. The van der Waals surface area contributed by atoms with Crippen LogP contribution in [0.3, 0.4) is 0 Å². The maximum absolute atomic E-state index is 8.90. The molecule has 1 aromatic heterocycles. The minimum Gasteiger partial charge on any atom is -0.390 e.